The van der Waals surface area contributed by atoms with Crippen LogP contribution in [0.2, 0.25) is 0 Å². The van der Waals surface area contributed by atoms with Gasteiger partial charge in [-0.25, -0.2) is 0 Å². The zero-order chi connectivity index (χ0) is 63.3. The minimum Gasteiger partial charge on any atom is -0.545 e. The highest BCUT2D eigenvalue weighted by molar-refractivity contribution is 5.70. The summed E-state index contributed by atoms with van der Waals surface area (Å²) in [7, 11) is 5.94. The van der Waals surface area contributed by atoms with Gasteiger partial charge in [0.2, 0.25) is 0 Å². The SMILES string of the molecule is CC/C=C\C/C=C\C/C=C\C/C=C\C/C=C\CCCCCCCCCCCCCCCCCCCCCCCC(=O)OC(COC(=O)CCCCCCCCCCCCCCC/C=C\CCCCCCCCCC)COC(OCC[N+](C)(C)C)C(=O)[O-]. The number of unbranched alkanes of at least 4 members (excludes halogenated alkanes) is 42. The summed E-state index contributed by atoms with van der Waals surface area (Å²) in [5.41, 5.74) is 0. The van der Waals surface area contributed by atoms with Crippen LogP contribution in [0.5, 0.6) is 0 Å². The summed E-state index contributed by atoms with van der Waals surface area (Å²) in [6.07, 6.45) is 88.6. The number of aliphatic carboxylic acids is 1. The van der Waals surface area contributed by atoms with Gasteiger partial charge in [-0.15, -0.1) is 0 Å². The molecule has 0 N–H and O–H groups in total. The highest BCUT2D eigenvalue weighted by Gasteiger charge is 2.22. The summed E-state index contributed by atoms with van der Waals surface area (Å²) in [5, 5.41) is 11.8. The Bertz CT molecular complexity index is 1660. The monoisotopic (exact) mass is 1220 g/mol. The maximum absolute atomic E-state index is 13.0. The number of carboxylic acids is 1. The van der Waals surface area contributed by atoms with Crippen molar-refractivity contribution in [3.05, 3.63) is 72.9 Å². The number of allylic oxidation sites excluding steroid dienone is 12. The average Bonchev–Trinajstić information content (AvgIpc) is 3.57. The van der Waals surface area contributed by atoms with Crippen LogP contribution in [0.4, 0.5) is 0 Å². The van der Waals surface area contributed by atoms with E-state index in [1.54, 1.807) is 0 Å². The number of carbonyl (C=O) groups is 3. The minimum atomic E-state index is -1.62. The number of carboxylic acid groups (broad SMARTS) is 1. The number of nitrogens with zero attached hydrogens (tertiary/aromatic N) is 1. The number of esters is 2. The molecule has 0 amide bonds. The Morgan fingerprint density at radius 2 is 0.655 bits per heavy atom. The van der Waals surface area contributed by atoms with E-state index in [0.29, 0.717) is 23.9 Å². The number of hydrogen-bond acceptors (Lipinski definition) is 8. The van der Waals surface area contributed by atoms with Crippen molar-refractivity contribution < 1.29 is 42.9 Å². The summed E-state index contributed by atoms with van der Waals surface area (Å²) in [6.45, 7) is 4.69. The number of ether oxygens (including phenoxy) is 4. The summed E-state index contributed by atoms with van der Waals surface area (Å²) >= 11 is 0. The first kappa shape index (κ1) is 83.7. The van der Waals surface area contributed by atoms with Crippen LogP contribution >= 0.6 is 0 Å². The standard InChI is InChI=1S/C78H141NO8/c1-6-8-10-12-14-16-18-20-22-24-26-28-30-32-33-34-35-36-37-38-39-40-41-42-43-45-47-49-51-53-55-57-59-61-63-65-67-69-76(81)87-74(73-86-78(77(82)83)84-71-70-79(3,4)5)72-85-75(80)68-66-64-62-60-58-56-54-52-50-48-46-44-31-29-27-25-23-21-19-17-15-13-11-9-7-2/h8,10,14,16,20,22,25-28,32-33,74,78H,6-7,9,11-13,15,17-19,21,23-24,29-31,34-73H2,1-5H3/b10-8-,16-14-,22-20-,27-25-,28-26-,33-32-. The molecule has 0 saturated carbocycles. The lowest BCUT2D eigenvalue weighted by Crippen LogP contribution is -2.44. The maximum Gasteiger partial charge on any atom is 0.306 e. The molecule has 0 aromatic heterocycles. The third-order valence-corrected chi connectivity index (χ3v) is 16.4. The molecule has 0 aromatic carbocycles. The Kier molecular flexibility index (Phi) is 66.1. The normalized spacial score (nSPS) is 13.1. The molecule has 0 bridgehead atoms. The highest BCUT2D eigenvalue weighted by atomic mass is 16.7. The van der Waals surface area contributed by atoms with Crippen molar-refractivity contribution in [1.82, 2.24) is 0 Å². The number of quaternary nitrogens is 1. The first-order chi connectivity index (χ1) is 42.6. The predicted octanol–water partition coefficient (Wildman–Crippen LogP) is 21.9. The molecular formula is C78H141NO8. The fourth-order valence-corrected chi connectivity index (χ4v) is 10.8. The topological polar surface area (TPSA) is 111 Å². The van der Waals surface area contributed by atoms with Crippen molar-refractivity contribution in [2.45, 2.75) is 360 Å². The molecule has 2 atom stereocenters. The molecule has 0 aliphatic heterocycles. The summed E-state index contributed by atoms with van der Waals surface area (Å²) < 4.78 is 22.8. The van der Waals surface area contributed by atoms with E-state index in [-0.39, 0.29) is 32.2 Å². The molecule has 87 heavy (non-hydrogen) atoms. The van der Waals surface area contributed by atoms with Crippen LogP contribution in [0.1, 0.15) is 348 Å². The number of likely N-dealkylation sites (N-methyl/N-ethyl adjacent to an activating group) is 1. The van der Waals surface area contributed by atoms with Crippen molar-refractivity contribution in [2.24, 2.45) is 0 Å². The second-order valence-electron chi connectivity index (χ2n) is 26.2. The van der Waals surface area contributed by atoms with Crippen LogP contribution in [-0.2, 0) is 33.3 Å². The minimum absolute atomic E-state index is 0.149. The van der Waals surface area contributed by atoms with Gasteiger partial charge < -0.3 is 33.3 Å². The van der Waals surface area contributed by atoms with Gasteiger partial charge >= 0.3 is 11.9 Å². The second-order valence-corrected chi connectivity index (χ2v) is 26.2. The molecule has 0 fully saturated rings. The van der Waals surface area contributed by atoms with E-state index in [0.717, 1.165) is 64.2 Å². The molecule has 0 radical (unpaired) electrons. The third kappa shape index (κ3) is 70.1. The number of rotatable bonds is 69. The molecule has 0 spiro atoms. The molecule has 0 saturated heterocycles. The summed E-state index contributed by atoms with van der Waals surface area (Å²) in [5.74, 6) is -2.26. The predicted molar refractivity (Wildman–Crippen MR) is 371 cm³/mol. The molecule has 0 aliphatic carbocycles. The van der Waals surface area contributed by atoms with Gasteiger partial charge in [-0.05, 0) is 83.5 Å². The van der Waals surface area contributed by atoms with E-state index in [4.69, 9.17) is 18.9 Å². The van der Waals surface area contributed by atoms with Crippen LogP contribution in [0, 0.1) is 0 Å². The smallest absolute Gasteiger partial charge is 0.306 e. The van der Waals surface area contributed by atoms with Crippen molar-refractivity contribution in [3.8, 4) is 0 Å². The van der Waals surface area contributed by atoms with Crippen molar-refractivity contribution >= 4 is 17.9 Å². The van der Waals surface area contributed by atoms with E-state index in [2.05, 4.69) is 86.8 Å². The molecule has 0 rings (SSSR count). The number of hydrogen-bond donors (Lipinski definition) is 0. The lowest BCUT2D eigenvalue weighted by molar-refractivity contribution is -0.870. The zero-order valence-electron chi connectivity index (χ0n) is 57.9. The summed E-state index contributed by atoms with van der Waals surface area (Å²) in [6, 6.07) is 0. The Labute approximate surface area is 538 Å². The largest absolute Gasteiger partial charge is 0.545 e. The van der Waals surface area contributed by atoms with Gasteiger partial charge in [-0.2, -0.15) is 0 Å². The first-order valence-corrected chi connectivity index (χ1v) is 37.1. The molecule has 506 valence electrons. The van der Waals surface area contributed by atoms with E-state index in [1.807, 2.05) is 21.1 Å². The van der Waals surface area contributed by atoms with Gasteiger partial charge in [0, 0.05) is 12.8 Å². The molecule has 0 heterocycles. The second kappa shape index (κ2) is 68.6. The molecule has 0 aliphatic rings. The van der Waals surface area contributed by atoms with Crippen molar-refractivity contribution in [2.75, 3.05) is 47.5 Å². The molecular weight excluding hydrogens is 1080 g/mol. The van der Waals surface area contributed by atoms with Gasteiger partial charge in [-0.3, -0.25) is 9.59 Å². The number of carbonyl (C=O) groups excluding carboxylic acids is 3. The van der Waals surface area contributed by atoms with Gasteiger partial charge in [0.15, 0.2) is 12.4 Å². The first-order valence-electron chi connectivity index (χ1n) is 37.1. The Balaban J connectivity index is 4.02. The Morgan fingerprint density at radius 1 is 0.356 bits per heavy atom. The van der Waals surface area contributed by atoms with Gasteiger partial charge in [-0.1, -0.05) is 324 Å². The fraction of sp³-hybridized carbons (Fsp3) is 0.808. The van der Waals surface area contributed by atoms with Gasteiger partial charge in [0.05, 0.1) is 40.3 Å². The van der Waals surface area contributed by atoms with E-state index in [1.165, 1.54) is 250 Å². The quantitative estimate of drug-likeness (QED) is 0.0195. The third-order valence-electron chi connectivity index (χ3n) is 16.4. The summed E-state index contributed by atoms with van der Waals surface area (Å²) in [4.78, 5) is 37.5. The van der Waals surface area contributed by atoms with E-state index >= 15 is 0 Å². The highest BCUT2D eigenvalue weighted by Crippen LogP contribution is 2.18. The van der Waals surface area contributed by atoms with Crippen LogP contribution in [-0.4, -0.2) is 82.3 Å². The van der Waals surface area contributed by atoms with Gasteiger partial charge in [0.1, 0.15) is 13.2 Å². The molecule has 9 heteroatoms. The van der Waals surface area contributed by atoms with Crippen LogP contribution in [0.3, 0.4) is 0 Å². The van der Waals surface area contributed by atoms with Crippen LogP contribution in [0.25, 0.3) is 0 Å². The lowest BCUT2D eigenvalue weighted by atomic mass is 10.0. The molecule has 2 unspecified atom stereocenters. The van der Waals surface area contributed by atoms with Crippen LogP contribution < -0.4 is 5.11 Å². The van der Waals surface area contributed by atoms with E-state index in [9.17, 15) is 19.5 Å². The van der Waals surface area contributed by atoms with Gasteiger partial charge in [0.25, 0.3) is 0 Å². The molecule has 0 aromatic rings. The molecule has 9 nitrogen and oxygen atoms in total. The fourth-order valence-electron chi connectivity index (χ4n) is 10.8. The Morgan fingerprint density at radius 3 is 0.989 bits per heavy atom. The Hall–Kier alpha value is -3.27. The maximum atomic E-state index is 13.0. The average molecular weight is 1220 g/mol. The van der Waals surface area contributed by atoms with Crippen molar-refractivity contribution in [1.29, 1.82) is 0 Å². The zero-order valence-corrected chi connectivity index (χ0v) is 57.9. The van der Waals surface area contributed by atoms with Crippen molar-refractivity contribution in [3.63, 3.8) is 0 Å². The van der Waals surface area contributed by atoms with Crippen LogP contribution in [0.15, 0.2) is 72.9 Å². The van der Waals surface area contributed by atoms with E-state index < -0.39 is 24.3 Å². The lowest BCUT2D eigenvalue weighted by Gasteiger charge is -2.26.